The van der Waals surface area contributed by atoms with Crippen LogP contribution in [0.25, 0.3) is 11.3 Å². The second kappa shape index (κ2) is 7.74. The SMILES string of the molecule is COc1cc(C(=O)c2cc(-c3ccco3)ccc2N=O)cc(OC)c1OC. The van der Waals surface area contributed by atoms with Crippen molar-refractivity contribution in [3.05, 3.63) is 64.8 Å². The van der Waals surface area contributed by atoms with E-state index in [1.807, 2.05) is 0 Å². The van der Waals surface area contributed by atoms with Crippen LogP contribution in [0.3, 0.4) is 0 Å². The van der Waals surface area contributed by atoms with Crippen LogP contribution in [0.4, 0.5) is 5.69 Å². The lowest BCUT2D eigenvalue weighted by molar-refractivity contribution is 0.103. The van der Waals surface area contributed by atoms with Crippen LogP contribution in [-0.2, 0) is 0 Å². The first kappa shape index (κ1) is 18.2. The Kier molecular flexibility index (Phi) is 5.21. The van der Waals surface area contributed by atoms with Crippen LogP contribution >= 0.6 is 0 Å². The highest BCUT2D eigenvalue weighted by molar-refractivity contribution is 6.13. The number of nitroso groups, excluding NO2 is 1. The Labute approximate surface area is 155 Å². The highest BCUT2D eigenvalue weighted by Gasteiger charge is 2.21. The largest absolute Gasteiger partial charge is 0.493 e. The topological polar surface area (TPSA) is 87.3 Å². The third-order valence-corrected chi connectivity index (χ3v) is 4.07. The summed E-state index contributed by atoms with van der Waals surface area (Å²) in [5.41, 5.74) is 1.10. The predicted molar refractivity (Wildman–Crippen MR) is 99.1 cm³/mol. The standard InChI is InChI=1S/C20H17NO6/c1-24-17-10-13(11-18(25-2)20(17)26-3)19(22)14-9-12(6-7-15(14)21-23)16-5-4-8-27-16/h4-11H,1-3H3. The number of carbonyl (C=O) groups excluding carboxylic acids is 1. The molecule has 0 atom stereocenters. The van der Waals surface area contributed by atoms with Crippen LogP contribution in [0, 0.1) is 4.91 Å². The summed E-state index contributed by atoms with van der Waals surface area (Å²) in [5.74, 6) is 1.21. The molecule has 0 spiro atoms. The molecule has 1 aromatic heterocycles. The molecule has 3 rings (SSSR count). The molecule has 0 amide bonds. The van der Waals surface area contributed by atoms with Crippen molar-refractivity contribution in [1.82, 2.24) is 0 Å². The van der Waals surface area contributed by atoms with Gasteiger partial charge < -0.3 is 18.6 Å². The Morgan fingerprint density at radius 2 is 1.67 bits per heavy atom. The van der Waals surface area contributed by atoms with Crippen molar-refractivity contribution in [2.75, 3.05) is 21.3 Å². The Balaban J connectivity index is 2.13. The van der Waals surface area contributed by atoms with Crippen molar-refractivity contribution in [2.24, 2.45) is 5.18 Å². The zero-order chi connectivity index (χ0) is 19.4. The van der Waals surface area contributed by atoms with Gasteiger partial charge in [-0.15, -0.1) is 4.91 Å². The first-order valence-electron chi connectivity index (χ1n) is 7.99. The van der Waals surface area contributed by atoms with Gasteiger partial charge >= 0.3 is 0 Å². The molecule has 0 aliphatic heterocycles. The van der Waals surface area contributed by atoms with Crippen molar-refractivity contribution in [2.45, 2.75) is 0 Å². The number of hydrogen-bond donors (Lipinski definition) is 0. The van der Waals surface area contributed by atoms with Crippen molar-refractivity contribution in [1.29, 1.82) is 0 Å². The average molecular weight is 367 g/mol. The van der Waals surface area contributed by atoms with E-state index < -0.39 is 5.78 Å². The molecule has 0 unspecified atom stereocenters. The Bertz CT molecular complexity index is 953. The van der Waals surface area contributed by atoms with Crippen LogP contribution in [0.1, 0.15) is 15.9 Å². The summed E-state index contributed by atoms with van der Waals surface area (Å²) >= 11 is 0. The quantitative estimate of drug-likeness (QED) is 0.448. The van der Waals surface area contributed by atoms with E-state index in [0.717, 1.165) is 0 Å². The van der Waals surface area contributed by atoms with E-state index in [1.54, 1.807) is 24.3 Å². The minimum absolute atomic E-state index is 0.0315. The molecule has 0 aliphatic rings. The third kappa shape index (κ3) is 3.39. The van der Waals surface area contributed by atoms with Gasteiger partial charge in [-0.2, -0.15) is 0 Å². The highest BCUT2D eigenvalue weighted by Crippen LogP contribution is 2.39. The van der Waals surface area contributed by atoms with Crippen LogP contribution in [0.2, 0.25) is 0 Å². The molecule has 3 aromatic rings. The Morgan fingerprint density at radius 1 is 0.963 bits per heavy atom. The summed E-state index contributed by atoms with van der Waals surface area (Å²) in [6.45, 7) is 0. The van der Waals surface area contributed by atoms with E-state index in [9.17, 15) is 9.70 Å². The number of methoxy groups -OCH3 is 3. The van der Waals surface area contributed by atoms with E-state index in [1.165, 1.54) is 45.8 Å². The number of ether oxygens (including phenoxy) is 3. The maximum Gasteiger partial charge on any atom is 0.203 e. The lowest BCUT2D eigenvalue weighted by atomic mass is 9.98. The summed E-state index contributed by atoms with van der Waals surface area (Å²) in [7, 11) is 4.39. The molecule has 7 heteroatoms. The lowest BCUT2D eigenvalue weighted by Crippen LogP contribution is -2.05. The zero-order valence-electron chi connectivity index (χ0n) is 15.0. The first-order valence-corrected chi connectivity index (χ1v) is 7.99. The fourth-order valence-corrected chi connectivity index (χ4v) is 2.76. The van der Waals surface area contributed by atoms with Gasteiger partial charge in [0.05, 0.1) is 33.2 Å². The number of carbonyl (C=O) groups is 1. The number of rotatable bonds is 7. The molecule has 0 saturated heterocycles. The third-order valence-electron chi connectivity index (χ3n) is 4.07. The van der Waals surface area contributed by atoms with E-state index in [0.29, 0.717) is 28.6 Å². The van der Waals surface area contributed by atoms with Crippen LogP contribution < -0.4 is 14.2 Å². The van der Waals surface area contributed by atoms with Crippen LogP contribution in [0.15, 0.2) is 58.3 Å². The molecule has 138 valence electrons. The zero-order valence-corrected chi connectivity index (χ0v) is 15.0. The van der Waals surface area contributed by atoms with Gasteiger partial charge in [0, 0.05) is 11.1 Å². The van der Waals surface area contributed by atoms with Gasteiger partial charge in [0.15, 0.2) is 17.3 Å². The lowest BCUT2D eigenvalue weighted by Gasteiger charge is -2.14. The summed E-state index contributed by atoms with van der Waals surface area (Å²) in [4.78, 5) is 24.3. The minimum atomic E-state index is -0.405. The first-order chi connectivity index (χ1) is 13.1. The molecule has 0 fully saturated rings. The maximum atomic E-state index is 13.1. The number of nitrogens with zero attached hydrogens (tertiary/aromatic N) is 1. The van der Waals surface area contributed by atoms with Crippen molar-refractivity contribution >= 4 is 11.5 Å². The maximum absolute atomic E-state index is 13.1. The van der Waals surface area contributed by atoms with Gasteiger partial charge in [-0.25, -0.2) is 0 Å². The van der Waals surface area contributed by atoms with Gasteiger partial charge in [0.1, 0.15) is 11.4 Å². The van der Waals surface area contributed by atoms with Crippen molar-refractivity contribution < 1.29 is 23.4 Å². The Morgan fingerprint density at radius 3 is 2.19 bits per heavy atom. The smallest absolute Gasteiger partial charge is 0.203 e. The van der Waals surface area contributed by atoms with Gasteiger partial charge in [-0.3, -0.25) is 4.79 Å². The molecule has 2 aromatic carbocycles. The van der Waals surface area contributed by atoms with Gasteiger partial charge in [-0.1, -0.05) is 0 Å². The molecule has 0 N–H and O–H groups in total. The fourth-order valence-electron chi connectivity index (χ4n) is 2.76. The molecular weight excluding hydrogens is 350 g/mol. The molecule has 1 heterocycles. The van der Waals surface area contributed by atoms with Crippen molar-refractivity contribution in [3.8, 4) is 28.6 Å². The van der Waals surface area contributed by atoms with Crippen molar-refractivity contribution in [3.63, 3.8) is 0 Å². The molecule has 0 radical (unpaired) electrons. The summed E-state index contributed by atoms with van der Waals surface area (Å²) < 4.78 is 21.2. The minimum Gasteiger partial charge on any atom is -0.493 e. The molecule has 0 bridgehead atoms. The Hall–Kier alpha value is -3.61. The monoisotopic (exact) mass is 367 g/mol. The predicted octanol–water partition coefficient (Wildman–Crippen LogP) is 4.60. The normalized spacial score (nSPS) is 10.3. The number of benzene rings is 2. The average Bonchev–Trinajstić information content (AvgIpc) is 3.26. The second-order valence-electron chi connectivity index (χ2n) is 5.54. The molecule has 7 nitrogen and oxygen atoms in total. The van der Waals surface area contributed by atoms with E-state index in [-0.39, 0.29) is 16.8 Å². The molecule has 0 saturated carbocycles. The number of furan rings is 1. The number of ketones is 1. The van der Waals surface area contributed by atoms with Gasteiger partial charge in [0.2, 0.25) is 5.75 Å². The fraction of sp³-hybridized carbons (Fsp3) is 0.150. The van der Waals surface area contributed by atoms with Gasteiger partial charge in [0.25, 0.3) is 0 Å². The van der Waals surface area contributed by atoms with Gasteiger partial charge in [-0.05, 0) is 47.6 Å². The molecular formula is C20H17NO6. The van der Waals surface area contributed by atoms with Crippen LogP contribution in [0.5, 0.6) is 17.2 Å². The van der Waals surface area contributed by atoms with E-state index in [4.69, 9.17) is 18.6 Å². The second-order valence-corrected chi connectivity index (χ2v) is 5.54. The van der Waals surface area contributed by atoms with Crippen LogP contribution in [-0.4, -0.2) is 27.1 Å². The summed E-state index contributed by atoms with van der Waals surface area (Å²) in [6.07, 6.45) is 1.53. The van der Waals surface area contributed by atoms with E-state index in [2.05, 4.69) is 5.18 Å². The highest BCUT2D eigenvalue weighted by atomic mass is 16.5. The number of hydrogen-bond acceptors (Lipinski definition) is 7. The summed E-state index contributed by atoms with van der Waals surface area (Å²) in [5, 5.41) is 2.97. The molecule has 0 aliphatic carbocycles. The van der Waals surface area contributed by atoms with E-state index >= 15 is 0 Å². The summed E-state index contributed by atoms with van der Waals surface area (Å²) in [6, 6.07) is 11.3. The molecule has 27 heavy (non-hydrogen) atoms.